The second-order valence-electron chi connectivity index (χ2n) is 7.53. The zero-order valence-electron chi connectivity index (χ0n) is 16.6. The Labute approximate surface area is 163 Å². The average molecular weight is 387 g/mol. The fourth-order valence-corrected chi connectivity index (χ4v) is 2.49. The lowest BCUT2D eigenvalue weighted by atomic mass is 10.1. The van der Waals surface area contributed by atoms with Crippen LogP contribution in [0, 0.1) is 12.8 Å². The van der Waals surface area contributed by atoms with Gasteiger partial charge < -0.3 is 15.2 Å². The quantitative estimate of drug-likeness (QED) is 0.582. The van der Waals surface area contributed by atoms with Crippen molar-refractivity contribution < 1.29 is 24.2 Å². The highest BCUT2D eigenvalue weighted by Crippen LogP contribution is 2.15. The molecule has 0 saturated heterocycles. The number of nitrogens with zero attached hydrogens (tertiary/aromatic N) is 2. The van der Waals surface area contributed by atoms with Gasteiger partial charge in [-0.1, -0.05) is 12.1 Å². The number of carbonyl (C=O) groups excluding carboxylic acids is 2. The molecule has 0 radical (unpaired) electrons. The highest BCUT2D eigenvalue weighted by Gasteiger charge is 2.27. The third kappa shape index (κ3) is 5.42. The SMILES string of the molecule is Cc1cc(C(=O)O)n(-c2cccc(CNC(=O)[C@H](C)C(=O)OC(C)(C)C)c2)n1. The molecule has 1 atom stereocenters. The van der Waals surface area contributed by atoms with Crippen molar-refractivity contribution >= 4 is 17.8 Å². The minimum Gasteiger partial charge on any atom is -0.477 e. The second kappa shape index (κ2) is 8.24. The lowest BCUT2D eigenvalue weighted by molar-refractivity contribution is -0.161. The molecule has 8 heteroatoms. The maximum atomic E-state index is 12.2. The number of nitrogens with one attached hydrogen (secondary N) is 1. The van der Waals surface area contributed by atoms with E-state index in [-0.39, 0.29) is 12.2 Å². The molecular weight excluding hydrogens is 362 g/mol. The van der Waals surface area contributed by atoms with E-state index in [0.29, 0.717) is 11.4 Å². The Morgan fingerprint density at radius 2 is 1.93 bits per heavy atom. The molecule has 1 amide bonds. The Kier molecular flexibility index (Phi) is 6.23. The summed E-state index contributed by atoms with van der Waals surface area (Å²) in [6.07, 6.45) is 0. The van der Waals surface area contributed by atoms with E-state index in [4.69, 9.17) is 4.74 Å². The number of carboxylic acids is 1. The summed E-state index contributed by atoms with van der Waals surface area (Å²) in [5.41, 5.74) is 1.28. The van der Waals surface area contributed by atoms with Crippen LogP contribution in [-0.2, 0) is 20.9 Å². The minimum atomic E-state index is -1.08. The number of carboxylic acid groups (broad SMARTS) is 1. The highest BCUT2D eigenvalue weighted by molar-refractivity contribution is 5.97. The van der Waals surface area contributed by atoms with Crippen LogP contribution >= 0.6 is 0 Å². The van der Waals surface area contributed by atoms with E-state index < -0.39 is 29.4 Å². The third-order valence-electron chi connectivity index (χ3n) is 3.83. The summed E-state index contributed by atoms with van der Waals surface area (Å²) in [7, 11) is 0. The normalized spacial score (nSPS) is 12.3. The molecule has 2 rings (SSSR count). The lowest BCUT2D eigenvalue weighted by Crippen LogP contribution is -2.37. The number of hydrogen-bond donors (Lipinski definition) is 2. The van der Waals surface area contributed by atoms with Crippen molar-refractivity contribution in [3.63, 3.8) is 0 Å². The number of ether oxygens (including phenoxy) is 1. The first-order valence-electron chi connectivity index (χ1n) is 8.88. The van der Waals surface area contributed by atoms with Crippen LogP contribution in [0.15, 0.2) is 30.3 Å². The van der Waals surface area contributed by atoms with Crippen LogP contribution in [0.5, 0.6) is 0 Å². The van der Waals surface area contributed by atoms with E-state index in [1.54, 1.807) is 52.0 Å². The van der Waals surface area contributed by atoms with Crippen molar-refractivity contribution in [3.8, 4) is 5.69 Å². The van der Waals surface area contributed by atoms with Crippen molar-refractivity contribution in [1.29, 1.82) is 0 Å². The largest absolute Gasteiger partial charge is 0.477 e. The second-order valence-corrected chi connectivity index (χ2v) is 7.53. The molecule has 0 fully saturated rings. The van der Waals surface area contributed by atoms with Crippen molar-refractivity contribution in [2.45, 2.75) is 46.8 Å². The molecule has 0 aliphatic rings. The molecule has 0 unspecified atom stereocenters. The van der Waals surface area contributed by atoms with E-state index in [9.17, 15) is 19.5 Å². The monoisotopic (exact) mass is 387 g/mol. The topological polar surface area (TPSA) is 111 Å². The molecule has 1 heterocycles. The number of rotatable bonds is 6. The Morgan fingerprint density at radius 1 is 1.25 bits per heavy atom. The fourth-order valence-electron chi connectivity index (χ4n) is 2.49. The molecule has 0 bridgehead atoms. The highest BCUT2D eigenvalue weighted by atomic mass is 16.6. The van der Waals surface area contributed by atoms with Gasteiger partial charge in [-0.15, -0.1) is 0 Å². The van der Waals surface area contributed by atoms with Gasteiger partial charge in [0, 0.05) is 6.54 Å². The van der Waals surface area contributed by atoms with Crippen LogP contribution in [0.25, 0.3) is 5.69 Å². The van der Waals surface area contributed by atoms with Crippen molar-refractivity contribution in [2.75, 3.05) is 0 Å². The molecule has 0 aliphatic carbocycles. The van der Waals surface area contributed by atoms with Crippen LogP contribution in [0.3, 0.4) is 0 Å². The predicted octanol–water partition coefficient (Wildman–Crippen LogP) is 2.47. The summed E-state index contributed by atoms with van der Waals surface area (Å²) in [4.78, 5) is 35.6. The van der Waals surface area contributed by atoms with Gasteiger partial charge in [0.25, 0.3) is 0 Å². The molecule has 1 aromatic carbocycles. The van der Waals surface area contributed by atoms with E-state index in [1.165, 1.54) is 17.7 Å². The molecular formula is C20H25N3O5. The summed E-state index contributed by atoms with van der Waals surface area (Å²) < 4.78 is 6.56. The van der Waals surface area contributed by atoms with Crippen LogP contribution in [0.1, 0.15) is 49.4 Å². The molecule has 150 valence electrons. The number of esters is 1. The van der Waals surface area contributed by atoms with Gasteiger partial charge in [0.1, 0.15) is 11.5 Å². The molecule has 0 aliphatic heterocycles. The van der Waals surface area contributed by atoms with Gasteiger partial charge >= 0.3 is 11.9 Å². The summed E-state index contributed by atoms with van der Waals surface area (Å²) >= 11 is 0. The summed E-state index contributed by atoms with van der Waals surface area (Å²) in [6, 6.07) is 8.49. The first-order valence-corrected chi connectivity index (χ1v) is 8.88. The average Bonchev–Trinajstić information content (AvgIpc) is 3.00. The maximum absolute atomic E-state index is 12.2. The first kappa shape index (κ1) is 21.1. The number of aromatic nitrogens is 2. The maximum Gasteiger partial charge on any atom is 0.354 e. The zero-order chi connectivity index (χ0) is 21.1. The van der Waals surface area contributed by atoms with Crippen molar-refractivity contribution in [2.24, 2.45) is 5.92 Å². The molecule has 8 nitrogen and oxygen atoms in total. The van der Waals surface area contributed by atoms with Gasteiger partial charge in [0.2, 0.25) is 5.91 Å². The number of hydrogen-bond acceptors (Lipinski definition) is 5. The Bertz CT molecular complexity index is 895. The Balaban J connectivity index is 2.09. The van der Waals surface area contributed by atoms with Gasteiger partial charge in [0.05, 0.1) is 11.4 Å². The fraction of sp³-hybridized carbons (Fsp3) is 0.400. The van der Waals surface area contributed by atoms with Crippen molar-refractivity contribution in [1.82, 2.24) is 15.1 Å². The number of aromatic carboxylic acids is 1. The molecule has 28 heavy (non-hydrogen) atoms. The lowest BCUT2D eigenvalue weighted by Gasteiger charge is -2.22. The molecule has 1 aromatic heterocycles. The van der Waals surface area contributed by atoms with Crippen LogP contribution < -0.4 is 5.32 Å². The van der Waals surface area contributed by atoms with Gasteiger partial charge in [0.15, 0.2) is 5.69 Å². The van der Waals surface area contributed by atoms with E-state index in [2.05, 4.69) is 10.4 Å². The van der Waals surface area contributed by atoms with Crippen LogP contribution in [-0.4, -0.2) is 38.3 Å². The summed E-state index contributed by atoms with van der Waals surface area (Å²) in [5, 5.41) is 16.2. The van der Waals surface area contributed by atoms with Crippen LogP contribution in [0.4, 0.5) is 0 Å². The van der Waals surface area contributed by atoms with Crippen molar-refractivity contribution in [3.05, 3.63) is 47.3 Å². The molecule has 0 saturated carbocycles. The minimum absolute atomic E-state index is 0.0530. The van der Waals surface area contributed by atoms with Gasteiger partial charge in [-0.2, -0.15) is 5.10 Å². The van der Waals surface area contributed by atoms with Crippen LogP contribution in [0.2, 0.25) is 0 Å². The standard InChI is InChI=1S/C20H25N3O5/c1-12-9-16(18(25)26)23(22-12)15-8-6-7-14(10-15)11-21-17(24)13(2)19(27)28-20(3,4)5/h6-10,13H,11H2,1-5H3,(H,21,24)(H,25,26)/t13-/m0/s1. The molecule has 2 aromatic rings. The van der Waals surface area contributed by atoms with E-state index in [1.807, 2.05) is 0 Å². The Morgan fingerprint density at radius 3 is 2.54 bits per heavy atom. The molecule has 2 N–H and O–H groups in total. The Hall–Kier alpha value is -3.16. The smallest absolute Gasteiger partial charge is 0.354 e. The number of benzene rings is 1. The number of aryl methyl sites for hydroxylation is 1. The predicted molar refractivity (Wildman–Crippen MR) is 102 cm³/mol. The first-order chi connectivity index (χ1) is 13.0. The zero-order valence-corrected chi connectivity index (χ0v) is 16.6. The van der Waals surface area contributed by atoms with Gasteiger partial charge in [-0.3, -0.25) is 9.59 Å². The van der Waals surface area contributed by atoms with E-state index >= 15 is 0 Å². The summed E-state index contributed by atoms with van der Waals surface area (Å²) in [6.45, 7) is 8.61. The number of carbonyl (C=O) groups is 3. The molecule has 0 spiro atoms. The van der Waals surface area contributed by atoms with Gasteiger partial charge in [-0.05, 0) is 58.4 Å². The number of amides is 1. The van der Waals surface area contributed by atoms with Gasteiger partial charge in [-0.25, -0.2) is 9.48 Å². The van der Waals surface area contributed by atoms with E-state index in [0.717, 1.165) is 5.56 Å². The third-order valence-corrected chi connectivity index (χ3v) is 3.83. The summed E-state index contributed by atoms with van der Waals surface area (Å²) in [5.74, 6) is -3.04.